The number of rotatable bonds is 4. The van der Waals surface area contributed by atoms with Crippen LogP contribution in [-0.4, -0.2) is 71.8 Å². The van der Waals surface area contributed by atoms with Crippen LogP contribution < -0.4 is 10.6 Å². The first-order valence-electron chi connectivity index (χ1n) is 16.6. The maximum absolute atomic E-state index is 14.6. The van der Waals surface area contributed by atoms with Gasteiger partial charge in [-0.1, -0.05) is 12.8 Å². The van der Waals surface area contributed by atoms with Crippen molar-refractivity contribution < 1.29 is 23.6 Å². The van der Waals surface area contributed by atoms with E-state index in [-0.39, 0.29) is 41.7 Å². The summed E-state index contributed by atoms with van der Waals surface area (Å²) in [6, 6.07) is 5.34. The van der Waals surface area contributed by atoms with Crippen LogP contribution in [0.1, 0.15) is 73.7 Å². The molecular formula is C35H36BrFN8O4. The lowest BCUT2D eigenvalue weighted by Crippen LogP contribution is -2.47. The number of hydrogen-bond acceptors (Lipinski definition) is 8. The van der Waals surface area contributed by atoms with E-state index in [0.29, 0.717) is 53.6 Å². The quantitative estimate of drug-likeness (QED) is 0.222. The van der Waals surface area contributed by atoms with Gasteiger partial charge in [-0.15, -0.1) is 0 Å². The zero-order chi connectivity index (χ0) is 34.4. The summed E-state index contributed by atoms with van der Waals surface area (Å²) in [5.41, 5.74) is 3.03. The zero-order valence-corrected chi connectivity index (χ0v) is 28.8. The molecule has 2 aliphatic heterocycles. The molecule has 254 valence electrons. The molecule has 1 saturated heterocycles. The van der Waals surface area contributed by atoms with Crippen molar-refractivity contribution in [2.75, 3.05) is 11.9 Å². The van der Waals surface area contributed by atoms with E-state index in [0.717, 1.165) is 42.4 Å². The SMILES string of the molecule is CC(=O)c1nn2c3c(cc(-c4cnc(C)nc4)cc13)CCCCCCC(=O)NC[C@@]13C[C@@H](C(=O)Nc4nc(Br)ccc4F)N(C(=O)C2)[C@@H]1C3. The lowest BCUT2D eigenvalue weighted by atomic mass is 9.96. The predicted molar refractivity (Wildman–Crippen MR) is 182 cm³/mol. The van der Waals surface area contributed by atoms with Crippen molar-refractivity contribution in [1.82, 2.24) is 34.9 Å². The van der Waals surface area contributed by atoms with Gasteiger partial charge in [0.2, 0.25) is 17.7 Å². The Morgan fingerprint density at radius 1 is 1.04 bits per heavy atom. The molecule has 0 spiro atoms. The molecule has 0 radical (unpaired) electrons. The van der Waals surface area contributed by atoms with E-state index >= 15 is 0 Å². The first kappa shape index (κ1) is 32.9. The Hall–Kier alpha value is -4.59. The van der Waals surface area contributed by atoms with Crippen molar-refractivity contribution in [2.24, 2.45) is 5.41 Å². The third kappa shape index (κ3) is 6.45. The lowest BCUT2D eigenvalue weighted by Gasteiger charge is -2.27. The van der Waals surface area contributed by atoms with Gasteiger partial charge in [0.15, 0.2) is 17.4 Å². The van der Waals surface area contributed by atoms with Crippen molar-refractivity contribution in [3.8, 4) is 11.1 Å². The van der Waals surface area contributed by atoms with Gasteiger partial charge in [-0.3, -0.25) is 23.9 Å². The van der Waals surface area contributed by atoms with Crippen LogP contribution in [0.15, 0.2) is 41.3 Å². The van der Waals surface area contributed by atoms with Crippen molar-refractivity contribution >= 4 is 56.2 Å². The second-order valence-corrected chi connectivity index (χ2v) is 14.2. The van der Waals surface area contributed by atoms with Crippen molar-refractivity contribution in [1.29, 1.82) is 0 Å². The second kappa shape index (κ2) is 13.0. The topological polar surface area (TPSA) is 152 Å². The molecule has 3 amide bonds. The minimum absolute atomic E-state index is 0.0536. The molecule has 2 fully saturated rings. The molecule has 12 nitrogen and oxygen atoms in total. The molecule has 7 rings (SSSR count). The van der Waals surface area contributed by atoms with Gasteiger partial charge in [-0.25, -0.2) is 19.3 Å². The number of carbonyl (C=O) groups is 4. The van der Waals surface area contributed by atoms with Crippen LogP contribution >= 0.6 is 15.9 Å². The minimum atomic E-state index is -0.927. The highest BCUT2D eigenvalue weighted by molar-refractivity contribution is 9.10. The van der Waals surface area contributed by atoms with E-state index in [4.69, 9.17) is 5.10 Å². The van der Waals surface area contributed by atoms with Gasteiger partial charge in [0.25, 0.3) is 0 Å². The molecule has 3 aliphatic rings. The molecule has 3 aromatic heterocycles. The van der Waals surface area contributed by atoms with Crippen LogP contribution in [0.4, 0.5) is 10.2 Å². The summed E-state index contributed by atoms with van der Waals surface area (Å²) in [4.78, 5) is 68.2. The number of ketones is 1. The summed E-state index contributed by atoms with van der Waals surface area (Å²) in [6.45, 7) is 3.39. The number of benzene rings is 1. The third-order valence-electron chi connectivity index (χ3n) is 9.96. The highest BCUT2D eigenvalue weighted by atomic mass is 79.9. The number of nitrogens with one attached hydrogen (secondary N) is 2. The first-order valence-corrected chi connectivity index (χ1v) is 17.4. The third-order valence-corrected chi connectivity index (χ3v) is 10.4. The van der Waals surface area contributed by atoms with E-state index in [1.807, 2.05) is 19.1 Å². The Labute approximate surface area is 290 Å². The predicted octanol–water partition coefficient (Wildman–Crippen LogP) is 4.92. The summed E-state index contributed by atoms with van der Waals surface area (Å²) >= 11 is 3.21. The van der Waals surface area contributed by atoms with E-state index in [2.05, 4.69) is 41.5 Å². The molecular weight excluding hydrogens is 695 g/mol. The number of nitrogens with zero attached hydrogens (tertiary/aromatic N) is 6. The number of aryl methyl sites for hydroxylation is 2. The van der Waals surface area contributed by atoms with Gasteiger partial charge >= 0.3 is 0 Å². The fourth-order valence-corrected chi connectivity index (χ4v) is 7.69. The summed E-state index contributed by atoms with van der Waals surface area (Å²) < 4.78 is 16.5. The minimum Gasteiger partial charge on any atom is -0.355 e. The number of aromatic nitrogens is 5. The largest absolute Gasteiger partial charge is 0.355 e. The number of Topliss-reactive ketones (excluding diaryl/α,β-unsaturated/α-hetero) is 1. The van der Waals surface area contributed by atoms with Crippen LogP contribution in [0, 0.1) is 18.2 Å². The molecule has 2 N–H and O–H groups in total. The molecule has 0 unspecified atom stereocenters. The first-order chi connectivity index (χ1) is 23.5. The monoisotopic (exact) mass is 730 g/mol. The standard InChI is InChI=1S/C35H36BrFN8O4/c1-19(46)31-24-12-22(23-15-38-20(2)39-16-23)11-21-7-5-3-4-6-8-29(47)40-18-35-13-26(34(49)42-33-25(37)9-10-28(36)41-33)45(27(35)14-35)30(48)17-44(43-31)32(21)24/h9-12,15-16,26-27H,3-8,13-14,17-18H2,1-2H3,(H,40,47)(H,41,42,49)/t26-,27+,35-/m0/s1. The van der Waals surface area contributed by atoms with Crippen molar-refractivity contribution in [2.45, 2.75) is 83.8 Å². The Morgan fingerprint density at radius 3 is 2.55 bits per heavy atom. The van der Waals surface area contributed by atoms with Crippen LogP contribution in [-0.2, 0) is 27.3 Å². The number of halogens is 2. The fourth-order valence-electron chi connectivity index (χ4n) is 7.38. The fraction of sp³-hybridized carbons (Fsp3) is 0.429. The van der Waals surface area contributed by atoms with Crippen LogP contribution in [0.5, 0.6) is 0 Å². The Morgan fingerprint density at radius 2 is 1.80 bits per heavy atom. The summed E-state index contributed by atoms with van der Waals surface area (Å²) in [5.74, 6) is -1.51. The molecule has 5 heterocycles. The average Bonchev–Trinajstić information content (AvgIpc) is 3.48. The maximum Gasteiger partial charge on any atom is 0.248 e. The van der Waals surface area contributed by atoms with Crippen molar-refractivity contribution in [3.63, 3.8) is 0 Å². The molecule has 1 aliphatic carbocycles. The van der Waals surface area contributed by atoms with Crippen LogP contribution in [0.2, 0.25) is 0 Å². The molecule has 49 heavy (non-hydrogen) atoms. The Balaban J connectivity index is 1.29. The number of hydrogen-bond donors (Lipinski definition) is 2. The van der Waals surface area contributed by atoms with E-state index in [1.54, 1.807) is 22.0 Å². The summed E-state index contributed by atoms with van der Waals surface area (Å²) in [5, 5.41) is 10.9. The van der Waals surface area contributed by atoms with E-state index in [9.17, 15) is 23.6 Å². The molecule has 1 aromatic carbocycles. The number of piperidine rings is 1. The lowest BCUT2D eigenvalue weighted by molar-refractivity contribution is -0.138. The average molecular weight is 732 g/mol. The zero-order valence-electron chi connectivity index (χ0n) is 27.3. The number of amides is 3. The van der Waals surface area contributed by atoms with Gasteiger partial charge in [-0.05, 0) is 90.4 Å². The highest BCUT2D eigenvalue weighted by Gasteiger charge is 2.67. The van der Waals surface area contributed by atoms with Gasteiger partial charge in [0.05, 0.1) is 5.52 Å². The van der Waals surface area contributed by atoms with E-state index in [1.165, 1.54) is 19.1 Å². The normalized spacial score (nSPS) is 22.7. The van der Waals surface area contributed by atoms with Gasteiger partial charge in [0, 0.05) is 54.7 Å². The highest BCUT2D eigenvalue weighted by Crippen LogP contribution is 2.59. The molecule has 2 bridgehead atoms. The molecule has 14 heteroatoms. The second-order valence-electron chi connectivity index (χ2n) is 13.4. The maximum atomic E-state index is 14.6. The molecule has 1 saturated carbocycles. The van der Waals surface area contributed by atoms with Crippen LogP contribution in [0.25, 0.3) is 22.0 Å². The number of anilines is 1. The number of carbonyl (C=O) groups excluding carboxylic acids is 4. The smallest absolute Gasteiger partial charge is 0.248 e. The molecule has 4 aromatic rings. The van der Waals surface area contributed by atoms with Gasteiger partial charge in [0.1, 0.15) is 28.7 Å². The van der Waals surface area contributed by atoms with Crippen molar-refractivity contribution in [3.05, 3.63) is 64.2 Å². The summed E-state index contributed by atoms with van der Waals surface area (Å²) in [6.07, 6.45) is 8.83. The number of pyridine rings is 1. The van der Waals surface area contributed by atoms with Gasteiger partial charge in [-0.2, -0.15) is 5.10 Å². The van der Waals surface area contributed by atoms with Gasteiger partial charge < -0.3 is 15.5 Å². The Kier molecular flexibility index (Phi) is 8.76. The Bertz CT molecular complexity index is 2000. The van der Waals surface area contributed by atoms with E-state index < -0.39 is 23.2 Å². The molecule has 3 atom stereocenters. The summed E-state index contributed by atoms with van der Waals surface area (Å²) in [7, 11) is 0. The van der Waals surface area contributed by atoms with Crippen LogP contribution in [0.3, 0.4) is 0 Å².